The summed E-state index contributed by atoms with van der Waals surface area (Å²) >= 11 is 1.54. The van der Waals surface area contributed by atoms with Gasteiger partial charge in [-0.3, -0.25) is 0 Å². The van der Waals surface area contributed by atoms with Gasteiger partial charge in [0.2, 0.25) is 10.1 Å². The molecular formula is C10H14N4O2S. The lowest BCUT2D eigenvalue weighted by atomic mass is 10.3. The highest BCUT2D eigenvalue weighted by molar-refractivity contribution is 7.20. The lowest BCUT2D eigenvalue weighted by Crippen LogP contribution is -2.34. The van der Waals surface area contributed by atoms with Gasteiger partial charge in [-0.05, 0) is 6.92 Å². The standard InChI is InChI=1S/C10H14N4O2S/c1-7-5-14-10(12-7)17-9(13-14)11-4-8-6-15-2-3-16-8/h5,8H,2-4,6H2,1H3,(H,11,13). The Kier molecular flexibility index (Phi) is 2.96. The molecule has 1 atom stereocenters. The Morgan fingerprint density at radius 2 is 2.53 bits per heavy atom. The van der Waals surface area contributed by atoms with Gasteiger partial charge in [0.15, 0.2) is 0 Å². The fraction of sp³-hybridized carbons (Fsp3) is 0.600. The SMILES string of the molecule is Cc1cn2nc(NCC3COCCO3)sc2n1. The van der Waals surface area contributed by atoms with Crippen molar-refractivity contribution in [2.24, 2.45) is 0 Å². The molecule has 17 heavy (non-hydrogen) atoms. The van der Waals surface area contributed by atoms with Gasteiger partial charge >= 0.3 is 0 Å². The maximum Gasteiger partial charge on any atom is 0.214 e. The summed E-state index contributed by atoms with van der Waals surface area (Å²) in [6.07, 6.45) is 2.03. The summed E-state index contributed by atoms with van der Waals surface area (Å²) < 4.78 is 12.7. The molecule has 6 nitrogen and oxygen atoms in total. The number of hydrogen-bond donors (Lipinski definition) is 1. The van der Waals surface area contributed by atoms with Crippen LogP contribution in [0.3, 0.4) is 0 Å². The molecule has 0 spiro atoms. The fourth-order valence-corrected chi connectivity index (χ4v) is 2.57. The van der Waals surface area contributed by atoms with Gasteiger partial charge in [-0.15, -0.1) is 5.10 Å². The second kappa shape index (κ2) is 4.59. The van der Waals surface area contributed by atoms with Crippen LogP contribution in [0.5, 0.6) is 0 Å². The Bertz CT molecular complexity index is 472. The summed E-state index contributed by atoms with van der Waals surface area (Å²) in [6.45, 7) is 4.69. The topological polar surface area (TPSA) is 60.7 Å². The van der Waals surface area contributed by atoms with Crippen LogP contribution < -0.4 is 5.32 Å². The molecule has 2 aromatic rings. The van der Waals surface area contributed by atoms with Gasteiger partial charge in [-0.1, -0.05) is 11.3 Å². The monoisotopic (exact) mass is 254 g/mol. The molecule has 3 rings (SSSR count). The van der Waals surface area contributed by atoms with Crippen molar-refractivity contribution in [3.63, 3.8) is 0 Å². The first-order valence-corrected chi connectivity index (χ1v) is 6.39. The van der Waals surface area contributed by atoms with E-state index >= 15 is 0 Å². The van der Waals surface area contributed by atoms with Gasteiger partial charge in [0.1, 0.15) is 0 Å². The van der Waals surface area contributed by atoms with Crippen LogP contribution >= 0.6 is 11.3 Å². The summed E-state index contributed by atoms with van der Waals surface area (Å²) in [5, 5.41) is 8.50. The molecule has 0 bridgehead atoms. The van der Waals surface area contributed by atoms with Crippen LogP contribution in [-0.4, -0.2) is 47.1 Å². The molecule has 7 heteroatoms. The average Bonchev–Trinajstić information content (AvgIpc) is 2.84. The van der Waals surface area contributed by atoms with E-state index in [1.165, 1.54) is 11.3 Å². The van der Waals surface area contributed by atoms with Gasteiger partial charge in [0.05, 0.1) is 37.8 Å². The summed E-state index contributed by atoms with van der Waals surface area (Å²) in [4.78, 5) is 5.26. The zero-order valence-electron chi connectivity index (χ0n) is 9.55. The van der Waals surface area contributed by atoms with E-state index in [1.807, 2.05) is 13.1 Å². The largest absolute Gasteiger partial charge is 0.376 e. The van der Waals surface area contributed by atoms with Crippen molar-refractivity contribution in [2.45, 2.75) is 13.0 Å². The molecule has 1 aliphatic heterocycles. The Hall–Kier alpha value is -1.18. The predicted molar refractivity (Wildman–Crippen MR) is 64.6 cm³/mol. The second-order valence-corrected chi connectivity index (χ2v) is 4.92. The average molecular weight is 254 g/mol. The molecule has 1 aliphatic rings. The van der Waals surface area contributed by atoms with Gasteiger partial charge in [-0.25, -0.2) is 9.50 Å². The Labute approximate surface area is 103 Å². The number of rotatable bonds is 3. The smallest absolute Gasteiger partial charge is 0.214 e. The highest BCUT2D eigenvalue weighted by Gasteiger charge is 2.15. The zero-order chi connectivity index (χ0) is 11.7. The maximum absolute atomic E-state index is 5.54. The van der Waals surface area contributed by atoms with Gasteiger partial charge in [0, 0.05) is 6.54 Å². The lowest BCUT2D eigenvalue weighted by Gasteiger charge is -2.22. The van der Waals surface area contributed by atoms with Crippen LogP contribution in [0.1, 0.15) is 5.69 Å². The molecule has 0 saturated carbocycles. The Balaban J connectivity index is 1.62. The van der Waals surface area contributed by atoms with E-state index in [1.54, 1.807) is 4.52 Å². The first-order chi connectivity index (χ1) is 8.31. The van der Waals surface area contributed by atoms with Crippen LogP contribution in [0.4, 0.5) is 5.13 Å². The van der Waals surface area contributed by atoms with Crippen LogP contribution in [0.25, 0.3) is 4.96 Å². The molecule has 0 aliphatic carbocycles. The van der Waals surface area contributed by atoms with Crippen molar-refractivity contribution < 1.29 is 9.47 Å². The zero-order valence-corrected chi connectivity index (χ0v) is 10.4. The summed E-state index contributed by atoms with van der Waals surface area (Å²) in [5.74, 6) is 0. The molecule has 3 heterocycles. The van der Waals surface area contributed by atoms with Crippen molar-refractivity contribution >= 4 is 21.4 Å². The number of imidazole rings is 1. The lowest BCUT2D eigenvalue weighted by molar-refractivity contribution is -0.0818. The second-order valence-electron chi connectivity index (χ2n) is 3.97. The van der Waals surface area contributed by atoms with E-state index in [4.69, 9.17) is 9.47 Å². The maximum atomic E-state index is 5.54. The molecule has 0 aromatic carbocycles. The molecule has 1 unspecified atom stereocenters. The fourth-order valence-electron chi connectivity index (χ4n) is 1.74. The highest BCUT2D eigenvalue weighted by Crippen LogP contribution is 2.19. The minimum Gasteiger partial charge on any atom is -0.376 e. The summed E-state index contributed by atoms with van der Waals surface area (Å²) in [6, 6.07) is 0. The molecule has 1 N–H and O–H groups in total. The van der Waals surface area contributed by atoms with E-state index in [0.29, 0.717) is 19.8 Å². The number of nitrogens with one attached hydrogen (secondary N) is 1. The van der Waals surface area contributed by atoms with Gasteiger partial charge in [0.25, 0.3) is 0 Å². The molecule has 92 valence electrons. The molecule has 0 amide bonds. The Morgan fingerprint density at radius 3 is 3.29 bits per heavy atom. The van der Waals surface area contributed by atoms with E-state index in [0.717, 1.165) is 22.3 Å². The predicted octanol–water partition coefficient (Wildman–Crippen LogP) is 0.927. The van der Waals surface area contributed by atoms with Crippen molar-refractivity contribution in [2.75, 3.05) is 31.7 Å². The molecule has 1 fully saturated rings. The van der Waals surface area contributed by atoms with Crippen molar-refractivity contribution in [1.29, 1.82) is 0 Å². The molecule has 2 aromatic heterocycles. The first kappa shape index (κ1) is 10.9. The molecule has 0 radical (unpaired) electrons. The van der Waals surface area contributed by atoms with E-state index in [-0.39, 0.29) is 6.10 Å². The minimum atomic E-state index is 0.113. The van der Waals surface area contributed by atoms with Crippen LogP contribution in [0.15, 0.2) is 6.20 Å². The van der Waals surface area contributed by atoms with Crippen molar-refractivity contribution in [3.8, 4) is 0 Å². The highest BCUT2D eigenvalue weighted by atomic mass is 32.1. The van der Waals surface area contributed by atoms with Crippen LogP contribution in [0, 0.1) is 6.92 Å². The summed E-state index contributed by atoms with van der Waals surface area (Å²) in [5.41, 5.74) is 0.985. The third-order valence-electron chi connectivity index (χ3n) is 2.53. The quantitative estimate of drug-likeness (QED) is 0.882. The number of anilines is 1. The van der Waals surface area contributed by atoms with Crippen molar-refractivity contribution in [1.82, 2.24) is 14.6 Å². The number of ether oxygens (including phenoxy) is 2. The minimum absolute atomic E-state index is 0.113. The third kappa shape index (κ3) is 2.41. The van der Waals surface area contributed by atoms with Crippen molar-refractivity contribution in [3.05, 3.63) is 11.9 Å². The van der Waals surface area contributed by atoms with Crippen LogP contribution in [0.2, 0.25) is 0 Å². The number of aromatic nitrogens is 3. The first-order valence-electron chi connectivity index (χ1n) is 5.57. The van der Waals surface area contributed by atoms with E-state index < -0.39 is 0 Å². The number of hydrogen-bond acceptors (Lipinski definition) is 6. The normalized spacial score (nSPS) is 20.9. The van der Waals surface area contributed by atoms with E-state index in [2.05, 4.69) is 15.4 Å². The number of nitrogens with zero attached hydrogens (tertiary/aromatic N) is 3. The summed E-state index contributed by atoms with van der Waals surface area (Å²) in [7, 11) is 0. The number of fused-ring (bicyclic) bond motifs is 1. The third-order valence-corrected chi connectivity index (χ3v) is 3.41. The van der Waals surface area contributed by atoms with Gasteiger partial charge in [-0.2, -0.15) is 0 Å². The Morgan fingerprint density at radius 1 is 1.59 bits per heavy atom. The number of aryl methyl sites for hydroxylation is 1. The van der Waals surface area contributed by atoms with Gasteiger partial charge < -0.3 is 14.8 Å². The van der Waals surface area contributed by atoms with E-state index in [9.17, 15) is 0 Å². The molecular weight excluding hydrogens is 240 g/mol. The molecule has 1 saturated heterocycles. The van der Waals surface area contributed by atoms with Crippen LogP contribution in [-0.2, 0) is 9.47 Å².